The Kier molecular flexibility index (Phi) is 6.20. The van der Waals surface area contributed by atoms with E-state index < -0.39 is 5.54 Å². The van der Waals surface area contributed by atoms with Crippen LogP contribution in [0.2, 0.25) is 0 Å². The minimum atomic E-state index is -0.535. The van der Waals surface area contributed by atoms with Crippen LogP contribution in [0.5, 0.6) is 5.75 Å². The number of aromatic hydroxyl groups is 1. The van der Waals surface area contributed by atoms with Crippen LogP contribution >= 0.6 is 0 Å². The lowest BCUT2D eigenvalue weighted by atomic mass is 9.33. The Balaban J connectivity index is 1.31. The number of benzene rings is 1. The summed E-state index contributed by atoms with van der Waals surface area (Å²) in [6, 6.07) is 6.28. The van der Waals surface area contributed by atoms with E-state index in [4.69, 9.17) is 10.5 Å². The van der Waals surface area contributed by atoms with Gasteiger partial charge in [0.15, 0.2) is 0 Å². The number of hydrogen-bond donors (Lipinski definition) is 3. The molecular formula is C40H55NO3. The molecule has 0 radical (unpaired) electrons. The molecule has 44 heavy (non-hydrogen) atoms. The third kappa shape index (κ3) is 3.70. The highest BCUT2D eigenvalue weighted by Crippen LogP contribution is 2.76. The first-order chi connectivity index (χ1) is 21.2. The first-order valence-electron chi connectivity index (χ1n) is 18.6. The van der Waals surface area contributed by atoms with Gasteiger partial charge in [0, 0.05) is 24.0 Å². The van der Waals surface area contributed by atoms with Crippen molar-refractivity contribution >= 4 is 0 Å². The first-order valence-corrected chi connectivity index (χ1v) is 18.6. The average Bonchev–Trinajstić information content (AvgIpc) is 3.43. The molecule has 3 spiro atoms. The topological polar surface area (TPSA) is 75.7 Å². The number of nitrogens with two attached hydrogens (primary N) is 1. The molecule has 9 aliphatic rings. The van der Waals surface area contributed by atoms with Gasteiger partial charge in [-0.3, -0.25) is 0 Å². The molecule has 7 bridgehead atoms. The minimum Gasteiger partial charge on any atom is -0.508 e. The SMILES string of the molecule is CC12CCCC34CCC(CO)C(N)(C31)C1C#CC3(CCCCC3)c3cc(O)ccc3CC3CC(CC5(CCCC5)C3)C1(C4)O2. The summed E-state index contributed by atoms with van der Waals surface area (Å²) >= 11 is 0. The van der Waals surface area contributed by atoms with Gasteiger partial charge < -0.3 is 20.7 Å². The third-order valence-corrected chi connectivity index (χ3v) is 15.7. The van der Waals surface area contributed by atoms with Crippen LogP contribution in [0.15, 0.2) is 18.2 Å². The van der Waals surface area contributed by atoms with Crippen LogP contribution < -0.4 is 5.73 Å². The van der Waals surface area contributed by atoms with Gasteiger partial charge in [-0.15, -0.1) is 0 Å². The molecule has 4 heteroatoms. The Bertz CT molecular complexity index is 1400. The highest BCUT2D eigenvalue weighted by molar-refractivity contribution is 5.48. The van der Waals surface area contributed by atoms with Gasteiger partial charge in [-0.05, 0) is 136 Å². The standard InChI is InChI=1S/C40H55NO3/c1-35-12-7-17-38-18-10-29(25-42)40(41,34(35)38)33-11-19-37(15-3-2-4-16-37)32-22-31(43)9-8-28(32)20-27-21-30(39(33,26-38)44-35)24-36(23-27)13-5-6-14-36/h8-9,22,27,29-30,33-34,42-43H,2-7,10,12-18,20-21,23-26,41H2,1H3. The van der Waals surface area contributed by atoms with Crippen molar-refractivity contribution in [2.24, 2.45) is 46.2 Å². The number of rotatable bonds is 1. The van der Waals surface area contributed by atoms with E-state index in [1.54, 1.807) is 0 Å². The van der Waals surface area contributed by atoms with Crippen LogP contribution in [0.4, 0.5) is 0 Å². The van der Waals surface area contributed by atoms with Gasteiger partial charge in [-0.1, -0.05) is 56.4 Å². The van der Waals surface area contributed by atoms with Crippen molar-refractivity contribution in [2.45, 2.75) is 151 Å². The predicted molar refractivity (Wildman–Crippen MR) is 173 cm³/mol. The molecule has 4 N–H and O–H groups in total. The number of hydrogen-bond acceptors (Lipinski definition) is 4. The van der Waals surface area contributed by atoms with E-state index in [-0.39, 0.29) is 46.4 Å². The van der Waals surface area contributed by atoms with Gasteiger partial charge in [0.25, 0.3) is 0 Å². The molecule has 0 amide bonds. The summed E-state index contributed by atoms with van der Waals surface area (Å²) in [4.78, 5) is 0. The van der Waals surface area contributed by atoms with Crippen molar-refractivity contribution < 1.29 is 14.9 Å². The Hall–Kier alpha value is -1.54. The number of aliphatic hydroxyl groups is 1. The predicted octanol–water partition coefficient (Wildman–Crippen LogP) is 7.56. The second-order valence-corrected chi connectivity index (χ2v) is 17.9. The van der Waals surface area contributed by atoms with E-state index in [1.807, 2.05) is 6.07 Å². The van der Waals surface area contributed by atoms with Crippen molar-refractivity contribution in [3.8, 4) is 17.6 Å². The molecule has 10 rings (SSSR count). The Morgan fingerprint density at radius 1 is 0.955 bits per heavy atom. The van der Waals surface area contributed by atoms with Crippen molar-refractivity contribution in [2.75, 3.05) is 6.61 Å². The number of fused-ring (bicyclic) bond motifs is 4. The number of phenolic OH excluding ortho intramolecular Hbond substituents is 1. The number of phenols is 1. The smallest absolute Gasteiger partial charge is 0.115 e. The lowest BCUT2D eigenvalue weighted by Gasteiger charge is -2.79. The molecule has 6 saturated carbocycles. The maximum Gasteiger partial charge on any atom is 0.115 e. The lowest BCUT2D eigenvalue weighted by Crippen LogP contribution is -2.86. The van der Waals surface area contributed by atoms with Gasteiger partial charge in [0.2, 0.25) is 0 Å². The molecule has 2 heterocycles. The maximum absolute atomic E-state index is 11.1. The van der Waals surface area contributed by atoms with E-state index in [2.05, 4.69) is 30.9 Å². The lowest BCUT2D eigenvalue weighted by molar-refractivity contribution is -0.383. The van der Waals surface area contributed by atoms with E-state index in [9.17, 15) is 10.2 Å². The molecule has 238 valence electrons. The van der Waals surface area contributed by atoms with Gasteiger partial charge >= 0.3 is 0 Å². The van der Waals surface area contributed by atoms with E-state index >= 15 is 0 Å². The monoisotopic (exact) mass is 597 g/mol. The minimum absolute atomic E-state index is 0.0587. The van der Waals surface area contributed by atoms with Crippen molar-refractivity contribution in [3.05, 3.63) is 29.3 Å². The highest BCUT2D eigenvalue weighted by atomic mass is 16.5. The van der Waals surface area contributed by atoms with Crippen molar-refractivity contribution in [3.63, 3.8) is 0 Å². The molecule has 2 aliphatic heterocycles. The fourth-order valence-electron chi connectivity index (χ4n) is 14.5. The summed E-state index contributed by atoms with van der Waals surface area (Å²) in [6.07, 6.45) is 23.0. The summed E-state index contributed by atoms with van der Waals surface area (Å²) in [6.45, 7) is 2.59. The summed E-state index contributed by atoms with van der Waals surface area (Å²) in [5.41, 5.74) is 10.1. The van der Waals surface area contributed by atoms with Crippen LogP contribution in [-0.4, -0.2) is 33.6 Å². The molecule has 9 atom stereocenters. The summed E-state index contributed by atoms with van der Waals surface area (Å²) in [5, 5.41) is 21.9. The van der Waals surface area contributed by atoms with Crippen LogP contribution in [-0.2, 0) is 16.6 Å². The summed E-state index contributed by atoms with van der Waals surface area (Å²) in [5.74, 6) is 9.91. The third-order valence-electron chi connectivity index (χ3n) is 15.7. The van der Waals surface area contributed by atoms with Gasteiger partial charge in [-0.2, -0.15) is 0 Å². The molecule has 8 fully saturated rings. The molecule has 1 aromatic carbocycles. The van der Waals surface area contributed by atoms with Crippen molar-refractivity contribution in [1.29, 1.82) is 0 Å². The Labute approximate surface area is 265 Å². The van der Waals surface area contributed by atoms with Crippen LogP contribution in [0.1, 0.15) is 134 Å². The molecule has 7 aliphatic carbocycles. The second kappa shape index (κ2) is 9.51. The maximum atomic E-state index is 11.1. The summed E-state index contributed by atoms with van der Waals surface area (Å²) < 4.78 is 7.85. The number of ether oxygens (including phenoxy) is 1. The quantitative estimate of drug-likeness (QED) is 0.292. The van der Waals surface area contributed by atoms with Crippen LogP contribution in [0.25, 0.3) is 0 Å². The van der Waals surface area contributed by atoms with E-state index in [0.717, 1.165) is 38.5 Å². The molecule has 4 nitrogen and oxygen atoms in total. The van der Waals surface area contributed by atoms with Gasteiger partial charge in [0.1, 0.15) is 5.75 Å². The zero-order chi connectivity index (χ0) is 30.0. The zero-order valence-electron chi connectivity index (χ0n) is 27.1. The Morgan fingerprint density at radius 2 is 1.75 bits per heavy atom. The fourth-order valence-corrected chi connectivity index (χ4v) is 14.5. The molecule has 1 aromatic rings. The highest BCUT2D eigenvalue weighted by Gasteiger charge is 2.80. The average molecular weight is 598 g/mol. The molecule has 9 unspecified atom stereocenters. The van der Waals surface area contributed by atoms with E-state index in [1.165, 1.54) is 94.6 Å². The second-order valence-electron chi connectivity index (χ2n) is 17.9. The van der Waals surface area contributed by atoms with Crippen molar-refractivity contribution in [1.82, 2.24) is 0 Å². The van der Waals surface area contributed by atoms with Gasteiger partial charge in [-0.25, -0.2) is 0 Å². The molecule has 2 saturated heterocycles. The summed E-state index contributed by atoms with van der Waals surface area (Å²) in [7, 11) is 0. The van der Waals surface area contributed by atoms with Crippen LogP contribution in [0.3, 0.4) is 0 Å². The normalized spacial score (nSPS) is 47.7. The van der Waals surface area contributed by atoms with Gasteiger partial charge in [0.05, 0.1) is 22.5 Å². The van der Waals surface area contributed by atoms with E-state index in [0.29, 0.717) is 23.0 Å². The largest absolute Gasteiger partial charge is 0.508 e. The fraction of sp³-hybridized carbons (Fsp3) is 0.800. The molecule has 0 aromatic heterocycles. The zero-order valence-corrected chi connectivity index (χ0v) is 27.1. The number of aliphatic hydroxyl groups excluding tert-OH is 1. The first kappa shape index (κ1) is 28.7. The molecular weight excluding hydrogens is 542 g/mol. The Morgan fingerprint density at radius 3 is 2.55 bits per heavy atom. The van der Waals surface area contributed by atoms with Crippen LogP contribution in [0, 0.1) is 52.3 Å².